The lowest BCUT2D eigenvalue weighted by atomic mass is 9.90. The molecule has 0 radical (unpaired) electrons. The Labute approximate surface area is 201 Å². The maximum atomic E-state index is 14.8. The topological polar surface area (TPSA) is 89.9 Å². The number of amides is 1. The van der Waals surface area contributed by atoms with Crippen LogP contribution in [0.2, 0.25) is 0 Å². The second-order valence-electron chi connectivity index (χ2n) is 9.41. The molecule has 7 nitrogen and oxygen atoms in total. The smallest absolute Gasteiger partial charge is 0.251 e. The quantitative estimate of drug-likeness (QED) is 0.459. The molecule has 0 bridgehead atoms. The highest BCUT2D eigenvalue weighted by Gasteiger charge is 2.33. The highest BCUT2D eigenvalue weighted by Crippen LogP contribution is 2.39. The average molecular weight is 470 g/mol. The van der Waals surface area contributed by atoms with Crippen molar-refractivity contribution in [3.63, 3.8) is 0 Å². The van der Waals surface area contributed by atoms with Crippen molar-refractivity contribution in [1.29, 1.82) is 0 Å². The number of alkyl halides is 1. The van der Waals surface area contributed by atoms with Crippen molar-refractivity contribution in [2.75, 3.05) is 6.61 Å². The molecule has 0 unspecified atom stereocenters. The van der Waals surface area contributed by atoms with Gasteiger partial charge >= 0.3 is 0 Å². The highest BCUT2D eigenvalue weighted by atomic mass is 19.1. The normalized spacial score (nSPS) is 19.4. The number of nitrogens with zero attached hydrogens (tertiary/aromatic N) is 4. The first-order valence-electron chi connectivity index (χ1n) is 11.7. The summed E-state index contributed by atoms with van der Waals surface area (Å²) >= 11 is 0. The second kappa shape index (κ2) is 8.46. The van der Waals surface area contributed by atoms with E-state index >= 15 is 0 Å². The van der Waals surface area contributed by atoms with E-state index in [-0.39, 0.29) is 19.1 Å². The predicted molar refractivity (Wildman–Crippen MR) is 128 cm³/mol. The Kier molecular flexibility index (Phi) is 5.25. The van der Waals surface area contributed by atoms with E-state index < -0.39 is 5.67 Å². The minimum absolute atomic E-state index is 0.0163. The molecule has 3 aromatic heterocycles. The minimum atomic E-state index is -1.62. The molecule has 2 aliphatic rings. The molecule has 176 valence electrons. The second-order valence-corrected chi connectivity index (χ2v) is 9.41. The number of halogens is 1. The molecule has 1 atom stereocenters. The Morgan fingerprint density at radius 1 is 1.11 bits per heavy atom. The van der Waals surface area contributed by atoms with Crippen LogP contribution in [0.3, 0.4) is 0 Å². The van der Waals surface area contributed by atoms with Crippen LogP contribution >= 0.6 is 0 Å². The number of aromatic nitrogens is 4. The molecular formula is C27H24FN5O2. The van der Waals surface area contributed by atoms with Gasteiger partial charge in [0, 0.05) is 29.3 Å². The van der Waals surface area contributed by atoms with Crippen molar-refractivity contribution in [2.24, 2.45) is 0 Å². The number of pyridine rings is 2. The first-order chi connectivity index (χ1) is 17.0. The predicted octanol–water partition coefficient (Wildman–Crippen LogP) is 4.61. The van der Waals surface area contributed by atoms with E-state index in [0.29, 0.717) is 29.3 Å². The van der Waals surface area contributed by atoms with Crippen LogP contribution in [0.25, 0.3) is 22.3 Å². The molecule has 8 heteroatoms. The molecule has 35 heavy (non-hydrogen) atoms. The Hall–Kier alpha value is -3.78. The van der Waals surface area contributed by atoms with Crippen LogP contribution in [-0.4, -0.2) is 32.4 Å². The van der Waals surface area contributed by atoms with Gasteiger partial charge in [0.1, 0.15) is 5.69 Å². The van der Waals surface area contributed by atoms with E-state index in [9.17, 15) is 9.18 Å². The zero-order valence-electron chi connectivity index (χ0n) is 19.3. The van der Waals surface area contributed by atoms with Crippen molar-refractivity contribution in [3.8, 4) is 11.4 Å². The van der Waals surface area contributed by atoms with Gasteiger partial charge in [0.15, 0.2) is 5.67 Å². The number of rotatable bonds is 5. The third-order valence-corrected chi connectivity index (χ3v) is 6.54. The third-order valence-electron chi connectivity index (χ3n) is 6.54. The van der Waals surface area contributed by atoms with Crippen LogP contribution in [0, 0.1) is 0 Å². The van der Waals surface area contributed by atoms with Crippen molar-refractivity contribution >= 4 is 16.8 Å². The van der Waals surface area contributed by atoms with Gasteiger partial charge in [-0.05, 0) is 61.2 Å². The van der Waals surface area contributed by atoms with E-state index in [1.807, 2.05) is 24.4 Å². The number of hydrogen-bond acceptors (Lipinski definition) is 6. The number of carbonyl (C=O) groups excluding carboxylic acids is 1. The van der Waals surface area contributed by atoms with Crippen molar-refractivity contribution in [3.05, 3.63) is 83.1 Å². The summed E-state index contributed by atoms with van der Waals surface area (Å²) in [6.45, 7) is 2.03. The van der Waals surface area contributed by atoms with Crippen molar-refractivity contribution in [1.82, 2.24) is 25.3 Å². The molecule has 4 aromatic rings. The largest absolute Gasteiger partial charge is 0.373 e. The molecule has 6 rings (SSSR count). The summed E-state index contributed by atoms with van der Waals surface area (Å²) < 4.78 is 20.2. The van der Waals surface area contributed by atoms with E-state index in [2.05, 4.69) is 15.3 Å². The lowest BCUT2D eigenvalue weighted by Crippen LogP contribution is -2.30. The van der Waals surface area contributed by atoms with E-state index in [1.165, 1.54) is 6.92 Å². The molecule has 1 amide bonds. The molecule has 4 heterocycles. The SMILES string of the molecule is C[C@@]1(F)COCc2ccc(C(=O)NCc3cc4nc(-c5cncc(C6CC6)n5)ccc4cn3)cc21. The standard InChI is InChI=1S/C27H24FN5O2/c1-27(28)15-35-14-19-5-4-17(8-21(19)27)26(34)31-11-20-9-23-18(10-30-20)6-7-22(32-23)25-13-29-12-24(33-25)16-2-3-16/h4-10,12-13,16H,2-3,11,14-15H2,1H3,(H,31,34)/t27-/m1/s1. The van der Waals surface area contributed by atoms with Gasteiger partial charge in [-0.2, -0.15) is 0 Å². The van der Waals surface area contributed by atoms with Gasteiger partial charge in [-0.1, -0.05) is 6.07 Å². The van der Waals surface area contributed by atoms with Gasteiger partial charge in [0.25, 0.3) is 5.91 Å². The first-order valence-corrected chi connectivity index (χ1v) is 11.7. The Morgan fingerprint density at radius 2 is 2.00 bits per heavy atom. The summed E-state index contributed by atoms with van der Waals surface area (Å²) in [4.78, 5) is 31.1. The molecule has 1 fully saturated rings. The van der Waals surface area contributed by atoms with E-state index in [4.69, 9.17) is 14.7 Å². The van der Waals surface area contributed by atoms with Gasteiger partial charge in [0.2, 0.25) is 0 Å². The van der Waals surface area contributed by atoms with Gasteiger partial charge < -0.3 is 10.1 Å². The number of nitrogens with one attached hydrogen (secondary N) is 1. The van der Waals surface area contributed by atoms with Crippen LogP contribution in [0.5, 0.6) is 0 Å². The molecule has 0 saturated heterocycles. The molecule has 1 aromatic carbocycles. The molecular weight excluding hydrogens is 445 g/mol. The Morgan fingerprint density at radius 3 is 2.86 bits per heavy atom. The number of fused-ring (bicyclic) bond motifs is 2. The number of carbonyl (C=O) groups is 1. The highest BCUT2D eigenvalue weighted by molar-refractivity contribution is 5.94. The molecule has 1 aliphatic carbocycles. The lowest BCUT2D eigenvalue weighted by molar-refractivity contribution is -0.00467. The maximum Gasteiger partial charge on any atom is 0.251 e. The monoisotopic (exact) mass is 469 g/mol. The van der Waals surface area contributed by atoms with Gasteiger partial charge in [-0.3, -0.25) is 14.8 Å². The Bertz CT molecular complexity index is 1450. The number of hydrogen-bond donors (Lipinski definition) is 1. The average Bonchev–Trinajstić information content (AvgIpc) is 3.72. The van der Waals surface area contributed by atoms with Crippen LogP contribution in [-0.2, 0) is 23.6 Å². The molecule has 0 spiro atoms. The zero-order valence-corrected chi connectivity index (χ0v) is 19.3. The van der Waals surface area contributed by atoms with Crippen molar-refractivity contribution in [2.45, 2.75) is 44.5 Å². The van der Waals surface area contributed by atoms with Gasteiger partial charge in [-0.15, -0.1) is 0 Å². The summed E-state index contributed by atoms with van der Waals surface area (Å²) in [7, 11) is 0. The summed E-state index contributed by atoms with van der Waals surface area (Å²) in [6.07, 6.45) is 7.63. The first kappa shape index (κ1) is 21.7. The molecule has 1 N–H and O–H groups in total. The van der Waals surface area contributed by atoms with Crippen LogP contribution in [0.1, 0.15) is 58.6 Å². The fourth-order valence-corrected chi connectivity index (χ4v) is 4.41. The number of ether oxygens (including phenoxy) is 1. The summed E-state index contributed by atoms with van der Waals surface area (Å²) in [5, 5.41) is 3.78. The van der Waals surface area contributed by atoms with E-state index in [0.717, 1.165) is 46.4 Å². The summed E-state index contributed by atoms with van der Waals surface area (Å²) in [5.74, 6) is 0.232. The van der Waals surface area contributed by atoms with Crippen LogP contribution in [0.15, 0.2) is 55.0 Å². The minimum Gasteiger partial charge on any atom is -0.373 e. The molecule has 1 saturated carbocycles. The Balaban J connectivity index is 1.20. The van der Waals surface area contributed by atoms with Crippen LogP contribution in [0.4, 0.5) is 4.39 Å². The van der Waals surface area contributed by atoms with Crippen LogP contribution < -0.4 is 5.32 Å². The lowest BCUT2D eigenvalue weighted by Gasteiger charge is -2.29. The van der Waals surface area contributed by atoms with Crippen molar-refractivity contribution < 1.29 is 13.9 Å². The zero-order chi connectivity index (χ0) is 24.0. The fourth-order valence-electron chi connectivity index (χ4n) is 4.41. The fraction of sp³-hybridized carbons (Fsp3) is 0.296. The third kappa shape index (κ3) is 4.37. The van der Waals surface area contributed by atoms with Gasteiger partial charge in [0.05, 0.1) is 48.6 Å². The summed E-state index contributed by atoms with van der Waals surface area (Å²) in [6, 6.07) is 10.8. The maximum absolute atomic E-state index is 14.8. The number of benzene rings is 1. The van der Waals surface area contributed by atoms with E-state index in [1.54, 1.807) is 30.6 Å². The molecule has 1 aliphatic heterocycles. The van der Waals surface area contributed by atoms with Gasteiger partial charge in [-0.25, -0.2) is 14.4 Å². The summed E-state index contributed by atoms with van der Waals surface area (Å²) in [5.41, 5.74) is 4.03.